The van der Waals surface area contributed by atoms with Gasteiger partial charge in [-0.2, -0.15) is 0 Å². The highest BCUT2D eigenvalue weighted by Gasteiger charge is 2.27. The Bertz CT molecular complexity index is 1090. The summed E-state index contributed by atoms with van der Waals surface area (Å²) in [7, 11) is 0. The second kappa shape index (κ2) is 9.84. The van der Waals surface area contributed by atoms with Crippen LogP contribution in [0.1, 0.15) is 18.1 Å². The van der Waals surface area contributed by atoms with Crippen LogP contribution >= 0.6 is 0 Å². The van der Waals surface area contributed by atoms with Crippen molar-refractivity contribution in [3.05, 3.63) is 83.7 Å². The lowest BCUT2D eigenvalue weighted by Crippen LogP contribution is -2.52. The maximum Gasteiger partial charge on any atom is 0.326 e. The molecular formula is C24H23FN2O4. The standard InChI is InChI=1S/C24H23FN2O4/c1-15(28)26-21(13-16-9-11-19(25)12-10-16)23(29)27-22(24(30)31)14-18-7-4-6-17-5-2-3-8-20(17)18/h2-12,21-22H,13-14H2,1H3,(H,26,28)(H,27,29)(H,30,31)/t21-,22-/m0/s1. The number of carbonyl (C=O) groups excluding carboxylic acids is 2. The summed E-state index contributed by atoms with van der Waals surface area (Å²) in [6, 6.07) is 16.6. The van der Waals surface area contributed by atoms with Crippen LogP contribution in [-0.4, -0.2) is 35.0 Å². The topological polar surface area (TPSA) is 95.5 Å². The number of nitrogens with one attached hydrogen (secondary N) is 2. The summed E-state index contributed by atoms with van der Waals surface area (Å²) >= 11 is 0. The van der Waals surface area contributed by atoms with E-state index in [9.17, 15) is 23.9 Å². The number of halogens is 1. The van der Waals surface area contributed by atoms with Crippen molar-refractivity contribution in [2.45, 2.75) is 31.8 Å². The van der Waals surface area contributed by atoms with Gasteiger partial charge in [-0.25, -0.2) is 9.18 Å². The molecule has 3 rings (SSSR count). The first-order valence-corrected chi connectivity index (χ1v) is 9.85. The van der Waals surface area contributed by atoms with Gasteiger partial charge in [0.2, 0.25) is 11.8 Å². The normalized spacial score (nSPS) is 12.7. The van der Waals surface area contributed by atoms with E-state index in [2.05, 4.69) is 10.6 Å². The summed E-state index contributed by atoms with van der Waals surface area (Å²) in [5.41, 5.74) is 1.43. The van der Waals surface area contributed by atoms with Crippen molar-refractivity contribution < 1.29 is 23.9 Å². The molecule has 2 amide bonds. The van der Waals surface area contributed by atoms with E-state index in [1.54, 1.807) is 0 Å². The first-order valence-electron chi connectivity index (χ1n) is 9.85. The molecule has 31 heavy (non-hydrogen) atoms. The molecule has 160 valence electrons. The summed E-state index contributed by atoms with van der Waals surface area (Å²) in [6.07, 6.45) is 0.193. The zero-order valence-electron chi connectivity index (χ0n) is 17.0. The highest BCUT2D eigenvalue weighted by Crippen LogP contribution is 2.20. The highest BCUT2D eigenvalue weighted by molar-refractivity contribution is 5.91. The Morgan fingerprint density at radius 2 is 1.55 bits per heavy atom. The van der Waals surface area contributed by atoms with E-state index in [-0.39, 0.29) is 12.8 Å². The third-order valence-electron chi connectivity index (χ3n) is 4.97. The van der Waals surface area contributed by atoms with Crippen molar-refractivity contribution >= 4 is 28.6 Å². The number of rotatable bonds is 8. The fourth-order valence-electron chi connectivity index (χ4n) is 3.47. The minimum atomic E-state index is -1.18. The predicted octanol–water partition coefficient (Wildman–Crippen LogP) is 2.84. The molecule has 0 aliphatic carbocycles. The minimum absolute atomic E-state index is 0.0891. The summed E-state index contributed by atoms with van der Waals surface area (Å²) in [6.45, 7) is 1.27. The summed E-state index contributed by atoms with van der Waals surface area (Å²) in [4.78, 5) is 36.3. The fourth-order valence-corrected chi connectivity index (χ4v) is 3.47. The van der Waals surface area contributed by atoms with Crippen LogP contribution in [0, 0.1) is 5.82 Å². The van der Waals surface area contributed by atoms with Crippen molar-refractivity contribution in [3.8, 4) is 0 Å². The van der Waals surface area contributed by atoms with Crippen molar-refractivity contribution in [3.63, 3.8) is 0 Å². The van der Waals surface area contributed by atoms with Crippen LogP contribution in [0.4, 0.5) is 4.39 Å². The Kier molecular flexibility index (Phi) is 6.97. The molecule has 0 saturated carbocycles. The number of benzene rings is 3. The lowest BCUT2D eigenvalue weighted by atomic mass is 9.98. The summed E-state index contributed by atoms with van der Waals surface area (Å²) in [5.74, 6) is -2.63. The van der Waals surface area contributed by atoms with Crippen LogP contribution in [0.5, 0.6) is 0 Å². The minimum Gasteiger partial charge on any atom is -0.480 e. The van der Waals surface area contributed by atoms with Gasteiger partial charge in [0, 0.05) is 19.8 Å². The number of carboxylic acid groups (broad SMARTS) is 1. The van der Waals surface area contributed by atoms with Gasteiger partial charge >= 0.3 is 5.97 Å². The monoisotopic (exact) mass is 422 g/mol. The van der Waals surface area contributed by atoms with Crippen LogP contribution in [0.25, 0.3) is 10.8 Å². The van der Waals surface area contributed by atoms with Gasteiger partial charge in [0.1, 0.15) is 17.9 Å². The predicted molar refractivity (Wildman–Crippen MR) is 115 cm³/mol. The Balaban J connectivity index is 1.78. The molecule has 0 aliphatic heterocycles. The van der Waals surface area contributed by atoms with Gasteiger partial charge in [-0.15, -0.1) is 0 Å². The SMILES string of the molecule is CC(=O)N[C@@H](Cc1ccc(F)cc1)C(=O)N[C@@H](Cc1cccc2ccccc12)C(=O)O. The van der Waals surface area contributed by atoms with Crippen molar-refractivity contribution in [1.29, 1.82) is 0 Å². The molecule has 0 aliphatic rings. The maximum atomic E-state index is 13.2. The number of hydrogen-bond donors (Lipinski definition) is 3. The van der Waals surface area contributed by atoms with Crippen LogP contribution in [0.3, 0.4) is 0 Å². The summed E-state index contributed by atoms with van der Waals surface area (Å²) in [5, 5.41) is 16.7. The molecule has 0 unspecified atom stereocenters. The molecule has 3 N–H and O–H groups in total. The molecule has 0 bridgehead atoms. The van der Waals surface area contributed by atoms with Gasteiger partial charge in [0.05, 0.1) is 0 Å². The fraction of sp³-hybridized carbons (Fsp3) is 0.208. The third-order valence-corrected chi connectivity index (χ3v) is 4.97. The molecule has 7 heteroatoms. The number of carbonyl (C=O) groups is 3. The molecule has 6 nitrogen and oxygen atoms in total. The average Bonchev–Trinajstić information content (AvgIpc) is 2.74. The Hall–Kier alpha value is -3.74. The lowest BCUT2D eigenvalue weighted by molar-refractivity contribution is -0.142. The Morgan fingerprint density at radius 1 is 0.871 bits per heavy atom. The van der Waals surface area contributed by atoms with Crippen molar-refractivity contribution in [1.82, 2.24) is 10.6 Å². The summed E-state index contributed by atoms with van der Waals surface area (Å²) < 4.78 is 13.2. The van der Waals surface area contributed by atoms with Crippen molar-refractivity contribution in [2.24, 2.45) is 0 Å². The molecule has 3 aromatic carbocycles. The number of fused-ring (bicyclic) bond motifs is 1. The first kappa shape index (κ1) is 22.0. The van der Waals surface area contributed by atoms with Gasteiger partial charge in [0.15, 0.2) is 0 Å². The molecule has 2 atom stereocenters. The lowest BCUT2D eigenvalue weighted by Gasteiger charge is -2.21. The largest absolute Gasteiger partial charge is 0.480 e. The molecule has 0 aromatic heterocycles. The Morgan fingerprint density at radius 3 is 2.23 bits per heavy atom. The maximum absolute atomic E-state index is 13.2. The molecule has 0 fully saturated rings. The third kappa shape index (κ3) is 5.88. The second-order valence-electron chi connectivity index (χ2n) is 7.33. The van der Waals surface area contributed by atoms with Gasteiger partial charge in [-0.3, -0.25) is 9.59 Å². The van der Waals surface area contributed by atoms with Crippen LogP contribution in [0.2, 0.25) is 0 Å². The second-order valence-corrected chi connectivity index (χ2v) is 7.33. The number of carboxylic acids is 1. The van der Waals surface area contributed by atoms with E-state index in [0.717, 1.165) is 16.3 Å². The van der Waals surface area contributed by atoms with E-state index >= 15 is 0 Å². The zero-order chi connectivity index (χ0) is 22.4. The average molecular weight is 422 g/mol. The van der Waals surface area contributed by atoms with Crippen LogP contribution in [0.15, 0.2) is 66.7 Å². The van der Waals surface area contributed by atoms with E-state index < -0.39 is 35.7 Å². The molecule has 0 spiro atoms. The molecule has 0 radical (unpaired) electrons. The van der Waals surface area contributed by atoms with Crippen LogP contribution < -0.4 is 10.6 Å². The van der Waals surface area contributed by atoms with Crippen LogP contribution in [-0.2, 0) is 27.2 Å². The molecule has 0 heterocycles. The van der Waals surface area contributed by atoms with Gasteiger partial charge in [-0.1, -0.05) is 54.6 Å². The van der Waals surface area contributed by atoms with E-state index in [1.807, 2.05) is 42.5 Å². The molecule has 3 aromatic rings. The number of hydrogen-bond acceptors (Lipinski definition) is 3. The molecule has 0 saturated heterocycles. The number of aliphatic carboxylic acids is 1. The quantitative estimate of drug-likeness (QED) is 0.520. The van der Waals surface area contributed by atoms with E-state index in [1.165, 1.54) is 31.2 Å². The Labute approximate surface area is 179 Å². The van der Waals surface area contributed by atoms with Gasteiger partial charge < -0.3 is 15.7 Å². The van der Waals surface area contributed by atoms with E-state index in [0.29, 0.717) is 5.56 Å². The van der Waals surface area contributed by atoms with Gasteiger partial charge in [0.25, 0.3) is 0 Å². The number of amides is 2. The van der Waals surface area contributed by atoms with Crippen molar-refractivity contribution in [2.75, 3.05) is 0 Å². The molecular weight excluding hydrogens is 399 g/mol. The highest BCUT2D eigenvalue weighted by atomic mass is 19.1. The van der Waals surface area contributed by atoms with Gasteiger partial charge in [-0.05, 0) is 34.0 Å². The smallest absolute Gasteiger partial charge is 0.326 e. The first-order chi connectivity index (χ1) is 14.8. The van der Waals surface area contributed by atoms with E-state index in [4.69, 9.17) is 0 Å². The zero-order valence-corrected chi connectivity index (χ0v) is 17.0.